The lowest BCUT2D eigenvalue weighted by molar-refractivity contribution is 0.173. The molecule has 3 aliphatic heterocycles. The summed E-state index contributed by atoms with van der Waals surface area (Å²) in [4.78, 5) is 4.95. The third-order valence-electron chi connectivity index (χ3n) is 5.31. The third kappa shape index (κ3) is 2.25. The Labute approximate surface area is 170 Å². The SMILES string of the molecule is Clc1ccc(CSC2=Nc3ccccc3C23COc2cc4c(cc23)OCO4)o1. The Morgan fingerprint density at radius 3 is 2.68 bits per heavy atom. The third-order valence-corrected chi connectivity index (χ3v) is 6.65. The number of para-hydroxylation sites is 1. The molecule has 5 nitrogen and oxygen atoms in total. The van der Waals surface area contributed by atoms with Crippen LogP contribution in [-0.4, -0.2) is 18.4 Å². The van der Waals surface area contributed by atoms with E-state index in [9.17, 15) is 0 Å². The number of ether oxygens (including phenoxy) is 3. The van der Waals surface area contributed by atoms with Gasteiger partial charge in [0.2, 0.25) is 6.79 Å². The fourth-order valence-electron chi connectivity index (χ4n) is 4.02. The van der Waals surface area contributed by atoms with E-state index in [0.717, 1.165) is 44.9 Å². The molecule has 6 rings (SSSR count). The van der Waals surface area contributed by atoms with Gasteiger partial charge in [0.1, 0.15) is 23.5 Å². The number of aliphatic imine (C=N–C) groups is 1. The summed E-state index contributed by atoms with van der Waals surface area (Å²) in [5.41, 5.74) is 2.73. The quantitative estimate of drug-likeness (QED) is 0.571. The largest absolute Gasteiger partial charge is 0.491 e. The minimum Gasteiger partial charge on any atom is -0.491 e. The molecule has 0 fully saturated rings. The Hall–Kier alpha value is -2.57. The molecule has 28 heavy (non-hydrogen) atoms. The van der Waals surface area contributed by atoms with E-state index in [2.05, 4.69) is 6.07 Å². The van der Waals surface area contributed by atoms with Gasteiger partial charge in [-0.1, -0.05) is 18.2 Å². The van der Waals surface area contributed by atoms with Crippen LogP contribution < -0.4 is 14.2 Å². The molecule has 0 radical (unpaired) electrons. The van der Waals surface area contributed by atoms with Gasteiger partial charge in [-0.25, -0.2) is 4.99 Å². The second-order valence-corrected chi connectivity index (χ2v) is 8.16. The van der Waals surface area contributed by atoms with Crippen molar-refractivity contribution in [1.82, 2.24) is 0 Å². The minimum atomic E-state index is -0.450. The van der Waals surface area contributed by atoms with Crippen molar-refractivity contribution in [3.63, 3.8) is 0 Å². The maximum atomic E-state index is 6.13. The van der Waals surface area contributed by atoms with Gasteiger partial charge in [-0.2, -0.15) is 0 Å². The average molecular weight is 412 g/mol. The summed E-state index contributed by atoms with van der Waals surface area (Å²) >= 11 is 7.56. The highest BCUT2D eigenvalue weighted by Crippen LogP contribution is 2.56. The Morgan fingerprint density at radius 1 is 0.964 bits per heavy atom. The maximum absolute atomic E-state index is 6.13. The first-order chi connectivity index (χ1) is 13.7. The van der Waals surface area contributed by atoms with Crippen molar-refractivity contribution < 1.29 is 18.6 Å². The summed E-state index contributed by atoms with van der Waals surface area (Å²) in [6.07, 6.45) is 0. The highest BCUT2D eigenvalue weighted by molar-refractivity contribution is 8.13. The number of rotatable bonds is 2. The zero-order chi connectivity index (χ0) is 18.7. The van der Waals surface area contributed by atoms with Crippen molar-refractivity contribution in [3.05, 3.63) is 70.6 Å². The van der Waals surface area contributed by atoms with Crippen LogP contribution in [-0.2, 0) is 11.2 Å². The number of nitrogens with zero attached hydrogens (tertiary/aromatic N) is 1. The first kappa shape index (κ1) is 16.4. The van der Waals surface area contributed by atoms with Crippen molar-refractivity contribution in [2.45, 2.75) is 11.2 Å². The lowest BCUT2D eigenvalue weighted by Gasteiger charge is -2.25. The minimum absolute atomic E-state index is 0.233. The van der Waals surface area contributed by atoms with E-state index in [1.54, 1.807) is 17.8 Å². The van der Waals surface area contributed by atoms with Gasteiger partial charge in [0.05, 0.1) is 16.5 Å². The molecule has 1 spiro atoms. The summed E-state index contributed by atoms with van der Waals surface area (Å²) in [5, 5.41) is 1.38. The van der Waals surface area contributed by atoms with E-state index >= 15 is 0 Å². The van der Waals surface area contributed by atoms with Crippen molar-refractivity contribution in [2.24, 2.45) is 4.99 Å². The van der Waals surface area contributed by atoms with Gasteiger partial charge in [0.15, 0.2) is 16.7 Å². The van der Waals surface area contributed by atoms with Crippen molar-refractivity contribution in [2.75, 3.05) is 13.4 Å². The molecule has 0 amide bonds. The number of benzene rings is 2. The highest BCUT2D eigenvalue weighted by atomic mass is 35.5. The Morgan fingerprint density at radius 2 is 1.82 bits per heavy atom. The first-order valence-electron chi connectivity index (χ1n) is 8.87. The summed E-state index contributed by atoms with van der Waals surface area (Å²) in [6.45, 7) is 0.726. The zero-order valence-corrected chi connectivity index (χ0v) is 16.2. The summed E-state index contributed by atoms with van der Waals surface area (Å²) < 4.78 is 22.8. The molecule has 0 bridgehead atoms. The number of thioether (sulfide) groups is 1. The van der Waals surface area contributed by atoms with Gasteiger partial charge < -0.3 is 18.6 Å². The lowest BCUT2D eigenvalue weighted by Crippen LogP contribution is -2.34. The monoisotopic (exact) mass is 411 g/mol. The maximum Gasteiger partial charge on any atom is 0.231 e. The number of furan rings is 1. The molecule has 1 atom stereocenters. The zero-order valence-electron chi connectivity index (χ0n) is 14.6. The molecular formula is C21H14ClNO4S. The van der Waals surface area contributed by atoms with E-state index in [1.165, 1.54) is 0 Å². The van der Waals surface area contributed by atoms with E-state index in [0.29, 0.717) is 17.6 Å². The van der Waals surface area contributed by atoms with E-state index in [-0.39, 0.29) is 6.79 Å². The lowest BCUT2D eigenvalue weighted by atomic mass is 9.77. The fraction of sp³-hybridized carbons (Fsp3) is 0.190. The van der Waals surface area contributed by atoms with Crippen LogP contribution in [0, 0.1) is 0 Å². The predicted octanol–water partition coefficient (Wildman–Crippen LogP) is 5.32. The van der Waals surface area contributed by atoms with Crippen molar-refractivity contribution in [1.29, 1.82) is 0 Å². The number of hydrogen-bond acceptors (Lipinski definition) is 6. The second-order valence-electron chi connectivity index (χ2n) is 6.82. The number of halogens is 1. The number of hydrogen-bond donors (Lipinski definition) is 0. The first-order valence-corrected chi connectivity index (χ1v) is 10.2. The molecule has 140 valence electrons. The van der Waals surface area contributed by atoms with Crippen LogP contribution in [0.5, 0.6) is 17.2 Å². The van der Waals surface area contributed by atoms with Crippen LogP contribution in [0.1, 0.15) is 16.9 Å². The smallest absolute Gasteiger partial charge is 0.231 e. The van der Waals surface area contributed by atoms with Crippen molar-refractivity contribution >= 4 is 34.1 Å². The van der Waals surface area contributed by atoms with Gasteiger partial charge in [0, 0.05) is 11.6 Å². The molecular weight excluding hydrogens is 398 g/mol. The summed E-state index contributed by atoms with van der Waals surface area (Å²) in [7, 11) is 0. The van der Waals surface area contributed by atoms with Crippen LogP contribution >= 0.6 is 23.4 Å². The Kier molecular flexibility index (Phi) is 3.49. The van der Waals surface area contributed by atoms with Crippen molar-refractivity contribution in [3.8, 4) is 17.2 Å². The Balaban J connectivity index is 1.46. The van der Waals surface area contributed by atoms with E-state index in [4.69, 9.17) is 35.2 Å². The molecule has 0 saturated heterocycles. The van der Waals surface area contributed by atoms with Gasteiger partial charge in [0.25, 0.3) is 0 Å². The normalized spacial score (nSPS) is 20.8. The van der Waals surface area contributed by atoms with Gasteiger partial charge in [-0.3, -0.25) is 0 Å². The van der Waals surface area contributed by atoms with Gasteiger partial charge in [-0.15, -0.1) is 11.8 Å². The van der Waals surface area contributed by atoms with Crippen LogP contribution in [0.4, 0.5) is 5.69 Å². The molecule has 1 aromatic heterocycles. The predicted molar refractivity (Wildman–Crippen MR) is 107 cm³/mol. The van der Waals surface area contributed by atoms with Gasteiger partial charge >= 0.3 is 0 Å². The molecule has 4 heterocycles. The van der Waals surface area contributed by atoms with E-state index < -0.39 is 5.41 Å². The topological polar surface area (TPSA) is 53.2 Å². The molecule has 0 N–H and O–H groups in total. The highest BCUT2D eigenvalue weighted by Gasteiger charge is 2.52. The molecule has 0 aliphatic carbocycles. The molecule has 2 aromatic carbocycles. The van der Waals surface area contributed by atoms with Gasteiger partial charge in [-0.05, 0) is 41.4 Å². The van der Waals surface area contributed by atoms with Crippen LogP contribution in [0.2, 0.25) is 5.22 Å². The standard InChI is InChI=1S/C21H14ClNO4S/c22-19-6-5-12(27-19)9-28-20-21(13-3-1-2-4-15(13)23-20)10-24-16-8-18-17(7-14(16)21)25-11-26-18/h1-8H,9-11H2. The Bertz CT molecular complexity index is 1140. The fourth-order valence-corrected chi connectivity index (χ4v) is 5.30. The molecule has 1 unspecified atom stereocenters. The molecule has 3 aromatic rings. The van der Waals surface area contributed by atoms with E-state index in [1.807, 2.05) is 36.4 Å². The second kappa shape index (κ2) is 5.96. The van der Waals surface area contributed by atoms with Crippen LogP contribution in [0.15, 0.2) is 57.9 Å². The average Bonchev–Trinajstić information content (AvgIpc) is 3.47. The summed E-state index contributed by atoms with van der Waals surface area (Å²) in [5.74, 6) is 3.74. The summed E-state index contributed by atoms with van der Waals surface area (Å²) in [6, 6.07) is 15.8. The van der Waals surface area contributed by atoms with Crippen LogP contribution in [0.25, 0.3) is 0 Å². The molecule has 3 aliphatic rings. The molecule has 0 saturated carbocycles. The number of fused-ring (bicyclic) bond motifs is 5. The molecule has 7 heteroatoms. The van der Waals surface area contributed by atoms with Crippen LogP contribution in [0.3, 0.4) is 0 Å².